The van der Waals surface area contributed by atoms with Crippen LogP contribution in [0.1, 0.15) is 0 Å². The Balaban J connectivity index is 0.000000640. The van der Waals surface area contributed by atoms with E-state index in [1.807, 2.05) is 12.1 Å². The zero-order valence-corrected chi connectivity index (χ0v) is 5.89. The zero-order chi connectivity index (χ0) is 5.82. The van der Waals surface area contributed by atoms with Crippen molar-refractivity contribution < 1.29 is 4.74 Å². The summed E-state index contributed by atoms with van der Waals surface area (Å²) < 4.78 is 4.85. The van der Waals surface area contributed by atoms with Crippen LogP contribution in [0.3, 0.4) is 0 Å². The summed E-state index contributed by atoms with van der Waals surface area (Å²) in [5.41, 5.74) is 0. The van der Waals surface area contributed by atoms with Crippen molar-refractivity contribution in [3.63, 3.8) is 0 Å². The number of hydrogen-bond acceptors (Lipinski definition) is 2. The first-order valence-electron chi connectivity index (χ1n) is 2.37. The van der Waals surface area contributed by atoms with E-state index in [1.165, 1.54) is 0 Å². The van der Waals surface area contributed by atoms with E-state index in [0.717, 1.165) is 5.75 Å². The zero-order valence-electron chi connectivity index (χ0n) is 5.07. The van der Waals surface area contributed by atoms with Gasteiger partial charge in [0, 0.05) is 6.20 Å². The molecule has 0 spiro atoms. The van der Waals surface area contributed by atoms with E-state index >= 15 is 0 Å². The van der Waals surface area contributed by atoms with Gasteiger partial charge in [0.1, 0.15) is 5.75 Å². The molecule has 1 rings (SSSR count). The van der Waals surface area contributed by atoms with Crippen LogP contribution >= 0.6 is 12.4 Å². The van der Waals surface area contributed by atoms with Crippen molar-refractivity contribution in [3.05, 3.63) is 24.5 Å². The Hall–Kier alpha value is -0.760. The van der Waals surface area contributed by atoms with Gasteiger partial charge in [0.05, 0.1) is 13.3 Å². The summed E-state index contributed by atoms with van der Waals surface area (Å²) in [6.07, 6.45) is 3.38. The van der Waals surface area contributed by atoms with Crippen molar-refractivity contribution in [1.29, 1.82) is 0 Å². The first-order chi connectivity index (χ1) is 3.93. The predicted octanol–water partition coefficient (Wildman–Crippen LogP) is 1.51. The third-order valence-electron chi connectivity index (χ3n) is 0.870. The van der Waals surface area contributed by atoms with Crippen molar-refractivity contribution in [2.24, 2.45) is 0 Å². The molecule has 0 aromatic carbocycles. The largest absolute Gasteiger partial charge is 0.495 e. The monoisotopic (exact) mass is 145 g/mol. The van der Waals surface area contributed by atoms with Crippen LogP contribution < -0.4 is 4.74 Å². The molecule has 0 bridgehead atoms. The molecule has 1 heterocycles. The molecule has 9 heavy (non-hydrogen) atoms. The molecule has 0 N–H and O–H groups in total. The Morgan fingerprint density at radius 3 is 2.67 bits per heavy atom. The van der Waals surface area contributed by atoms with Crippen molar-refractivity contribution in [2.45, 2.75) is 0 Å². The van der Waals surface area contributed by atoms with Gasteiger partial charge in [-0.2, -0.15) is 0 Å². The van der Waals surface area contributed by atoms with Gasteiger partial charge in [0.15, 0.2) is 0 Å². The molecule has 0 unspecified atom stereocenters. The Labute approximate surface area is 60.3 Å². The van der Waals surface area contributed by atoms with Crippen LogP contribution in [-0.2, 0) is 0 Å². The first kappa shape index (κ1) is 8.24. The number of halogens is 1. The summed E-state index contributed by atoms with van der Waals surface area (Å²) in [6.45, 7) is 0. The quantitative estimate of drug-likeness (QED) is 0.598. The molecule has 1 aromatic heterocycles. The minimum absolute atomic E-state index is 0. The minimum atomic E-state index is 0. The van der Waals surface area contributed by atoms with Gasteiger partial charge < -0.3 is 4.74 Å². The van der Waals surface area contributed by atoms with Gasteiger partial charge in [0.25, 0.3) is 0 Å². The molecule has 0 saturated heterocycles. The molecule has 0 saturated carbocycles. The van der Waals surface area contributed by atoms with E-state index in [-0.39, 0.29) is 12.4 Å². The maximum absolute atomic E-state index is 4.85. The van der Waals surface area contributed by atoms with E-state index in [1.54, 1.807) is 19.5 Å². The van der Waals surface area contributed by atoms with Gasteiger partial charge in [-0.05, 0) is 12.1 Å². The Bertz CT molecular complexity index is 154. The van der Waals surface area contributed by atoms with Crippen LogP contribution in [0.15, 0.2) is 24.5 Å². The standard InChI is InChI=1S/C6H7NO.ClH/c1-8-6-3-2-4-7-5-6;/h2-5H,1H3;1H. The lowest BCUT2D eigenvalue weighted by molar-refractivity contribution is 0.413. The molecule has 0 aliphatic rings. The lowest BCUT2D eigenvalue weighted by atomic mass is 10.5. The van der Waals surface area contributed by atoms with Gasteiger partial charge in [0.2, 0.25) is 0 Å². The highest BCUT2D eigenvalue weighted by molar-refractivity contribution is 5.85. The SMILES string of the molecule is COc1cccnc1.Cl. The maximum atomic E-state index is 4.85. The normalized spacial score (nSPS) is 7.67. The van der Waals surface area contributed by atoms with E-state index in [2.05, 4.69) is 4.98 Å². The average Bonchev–Trinajstić information content (AvgIpc) is 1.90. The molecule has 0 amide bonds. The first-order valence-corrected chi connectivity index (χ1v) is 2.37. The van der Waals surface area contributed by atoms with Crippen molar-refractivity contribution in [1.82, 2.24) is 4.98 Å². The number of hydrogen-bond donors (Lipinski definition) is 0. The van der Waals surface area contributed by atoms with Gasteiger partial charge in [-0.25, -0.2) is 0 Å². The number of pyridine rings is 1. The second-order valence-corrected chi connectivity index (χ2v) is 1.39. The van der Waals surface area contributed by atoms with Crippen LogP contribution in [0.25, 0.3) is 0 Å². The molecular formula is C6H8ClNO. The molecular weight excluding hydrogens is 138 g/mol. The highest BCUT2D eigenvalue weighted by Crippen LogP contribution is 2.02. The van der Waals surface area contributed by atoms with Crippen LogP contribution in [0, 0.1) is 0 Å². The third kappa shape index (κ3) is 2.33. The second kappa shape index (κ2) is 4.15. The topological polar surface area (TPSA) is 22.1 Å². The molecule has 0 aliphatic heterocycles. The fourth-order valence-electron chi connectivity index (χ4n) is 0.468. The van der Waals surface area contributed by atoms with E-state index in [0.29, 0.717) is 0 Å². The Morgan fingerprint density at radius 1 is 1.56 bits per heavy atom. The number of ether oxygens (including phenoxy) is 1. The van der Waals surface area contributed by atoms with Crippen LogP contribution in [0.4, 0.5) is 0 Å². The summed E-state index contributed by atoms with van der Waals surface area (Å²) in [5, 5.41) is 0. The molecule has 0 fully saturated rings. The van der Waals surface area contributed by atoms with Crippen molar-refractivity contribution >= 4 is 12.4 Å². The Kier molecular flexibility index (Phi) is 3.80. The van der Waals surface area contributed by atoms with Crippen molar-refractivity contribution in [3.8, 4) is 5.75 Å². The fraction of sp³-hybridized carbons (Fsp3) is 0.167. The lowest BCUT2D eigenvalue weighted by Gasteiger charge is -1.93. The van der Waals surface area contributed by atoms with Gasteiger partial charge in [-0.15, -0.1) is 12.4 Å². The third-order valence-corrected chi connectivity index (χ3v) is 0.870. The molecule has 2 nitrogen and oxygen atoms in total. The van der Waals surface area contributed by atoms with Crippen LogP contribution in [0.5, 0.6) is 5.75 Å². The molecule has 1 aromatic rings. The van der Waals surface area contributed by atoms with Gasteiger partial charge in [-0.3, -0.25) is 4.98 Å². The number of nitrogens with zero attached hydrogens (tertiary/aromatic N) is 1. The number of methoxy groups -OCH3 is 1. The number of rotatable bonds is 1. The molecule has 50 valence electrons. The van der Waals surface area contributed by atoms with E-state index in [4.69, 9.17) is 4.74 Å². The molecule has 0 atom stereocenters. The molecule has 3 heteroatoms. The Morgan fingerprint density at radius 2 is 2.33 bits per heavy atom. The van der Waals surface area contributed by atoms with E-state index in [9.17, 15) is 0 Å². The second-order valence-electron chi connectivity index (χ2n) is 1.39. The van der Waals surface area contributed by atoms with Gasteiger partial charge in [-0.1, -0.05) is 0 Å². The maximum Gasteiger partial charge on any atom is 0.137 e. The summed E-state index contributed by atoms with van der Waals surface area (Å²) >= 11 is 0. The summed E-state index contributed by atoms with van der Waals surface area (Å²) in [7, 11) is 1.62. The average molecular weight is 146 g/mol. The summed E-state index contributed by atoms with van der Waals surface area (Å²) in [5.74, 6) is 0.799. The number of aromatic nitrogens is 1. The predicted molar refractivity (Wildman–Crippen MR) is 38.0 cm³/mol. The van der Waals surface area contributed by atoms with E-state index < -0.39 is 0 Å². The fourth-order valence-corrected chi connectivity index (χ4v) is 0.468. The van der Waals surface area contributed by atoms with Crippen LogP contribution in [0.2, 0.25) is 0 Å². The van der Waals surface area contributed by atoms with Crippen LogP contribution in [-0.4, -0.2) is 12.1 Å². The lowest BCUT2D eigenvalue weighted by Crippen LogP contribution is -1.80. The highest BCUT2D eigenvalue weighted by Gasteiger charge is 1.81. The summed E-state index contributed by atoms with van der Waals surface area (Å²) in [4.78, 5) is 3.83. The summed E-state index contributed by atoms with van der Waals surface area (Å²) in [6, 6.07) is 3.69. The van der Waals surface area contributed by atoms with Gasteiger partial charge >= 0.3 is 0 Å². The van der Waals surface area contributed by atoms with Crippen molar-refractivity contribution in [2.75, 3.05) is 7.11 Å². The highest BCUT2D eigenvalue weighted by atomic mass is 35.5. The minimum Gasteiger partial charge on any atom is -0.495 e. The smallest absolute Gasteiger partial charge is 0.137 e. The molecule has 0 aliphatic carbocycles. The molecule has 0 radical (unpaired) electrons.